The molecule has 8 nitrogen and oxygen atoms in total. The lowest BCUT2D eigenvalue weighted by atomic mass is 9.79. The number of hydrogen-bond acceptors (Lipinski definition) is 5. The van der Waals surface area contributed by atoms with Gasteiger partial charge in [-0.2, -0.15) is 0 Å². The highest BCUT2D eigenvalue weighted by Crippen LogP contribution is 2.33. The van der Waals surface area contributed by atoms with E-state index in [1.54, 1.807) is 4.90 Å². The van der Waals surface area contributed by atoms with Crippen LogP contribution in [-0.2, 0) is 14.3 Å². The predicted molar refractivity (Wildman–Crippen MR) is 112 cm³/mol. The molecule has 0 saturated carbocycles. The number of hydrogen-bond donors (Lipinski definition) is 2. The number of methoxy groups -OCH3 is 1. The second-order valence-corrected chi connectivity index (χ2v) is 9.33. The zero-order valence-electron chi connectivity index (χ0n) is 18.5. The number of nitrogens with one attached hydrogen (secondary N) is 2. The number of carbonyl (C=O) groups excluding carboxylic acids is 4. The largest absolute Gasteiger partial charge is 0.465 e. The maximum Gasteiger partial charge on any atom is 0.337 e. The molecule has 1 fully saturated rings. The van der Waals surface area contributed by atoms with Gasteiger partial charge in [-0.1, -0.05) is 20.8 Å². The number of ether oxygens (including phenoxy) is 1. The average Bonchev–Trinajstić information content (AvgIpc) is 2.65. The lowest BCUT2D eigenvalue weighted by molar-refractivity contribution is -0.152. The molecule has 0 aliphatic carbocycles. The minimum absolute atomic E-state index is 0.0112. The van der Waals surface area contributed by atoms with Gasteiger partial charge in [-0.3, -0.25) is 14.4 Å². The van der Waals surface area contributed by atoms with Gasteiger partial charge in [0, 0.05) is 17.6 Å². The van der Waals surface area contributed by atoms with Crippen molar-refractivity contribution < 1.29 is 23.9 Å². The third kappa shape index (κ3) is 5.58. The monoisotopic (exact) mass is 417 g/mol. The van der Waals surface area contributed by atoms with E-state index in [0.717, 1.165) is 0 Å². The van der Waals surface area contributed by atoms with Crippen molar-refractivity contribution in [1.29, 1.82) is 0 Å². The molecule has 2 rings (SSSR count). The fourth-order valence-electron chi connectivity index (χ4n) is 4.15. The summed E-state index contributed by atoms with van der Waals surface area (Å²) in [7, 11) is 1.28. The Hall–Kier alpha value is -2.90. The number of amides is 3. The Morgan fingerprint density at radius 3 is 2.20 bits per heavy atom. The highest BCUT2D eigenvalue weighted by molar-refractivity contribution is 5.98. The third-order valence-corrected chi connectivity index (χ3v) is 4.94. The lowest BCUT2D eigenvalue weighted by Gasteiger charge is -2.47. The van der Waals surface area contributed by atoms with Crippen molar-refractivity contribution in [3.8, 4) is 0 Å². The summed E-state index contributed by atoms with van der Waals surface area (Å²) in [6, 6.07) is 5.21. The maximum absolute atomic E-state index is 12.7. The first-order valence-corrected chi connectivity index (χ1v) is 9.92. The quantitative estimate of drug-likeness (QED) is 0.686. The van der Waals surface area contributed by atoms with Gasteiger partial charge in [-0.05, 0) is 49.9 Å². The number of nitrogens with zero attached hydrogens (tertiary/aromatic N) is 1. The van der Waals surface area contributed by atoms with Crippen LogP contribution in [0, 0.1) is 5.41 Å². The van der Waals surface area contributed by atoms with Gasteiger partial charge in [-0.25, -0.2) is 4.79 Å². The van der Waals surface area contributed by atoms with Gasteiger partial charge in [0.1, 0.15) is 6.04 Å². The first kappa shape index (κ1) is 23.4. The van der Waals surface area contributed by atoms with Gasteiger partial charge in [0.2, 0.25) is 11.8 Å². The van der Waals surface area contributed by atoms with Gasteiger partial charge in [-0.15, -0.1) is 0 Å². The van der Waals surface area contributed by atoms with E-state index in [1.165, 1.54) is 31.4 Å². The molecule has 0 spiro atoms. The standard InChI is InChI=1S/C22H31N3O5/c1-21(2,3)13-22(4,5)25-16(19(28)24-12-17(25)26)11-23-18(27)14-7-9-15(10-8-14)20(29)30-6/h7-10,16H,11-13H2,1-6H3,(H,23,27)(H,24,28)/t16-/m0/s1. The summed E-state index contributed by atoms with van der Waals surface area (Å²) in [5, 5.41) is 5.34. The fourth-order valence-corrected chi connectivity index (χ4v) is 4.15. The van der Waals surface area contributed by atoms with Crippen molar-refractivity contribution in [3.63, 3.8) is 0 Å². The molecule has 0 aromatic heterocycles. The second kappa shape index (κ2) is 8.85. The normalized spacial score (nSPS) is 17.4. The van der Waals surface area contributed by atoms with E-state index in [4.69, 9.17) is 0 Å². The first-order chi connectivity index (χ1) is 13.9. The Labute approximate surface area is 177 Å². The van der Waals surface area contributed by atoms with Gasteiger partial charge < -0.3 is 20.3 Å². The topological polar surface area (TPSA) is 105 Å². The molecular formula is C22H31N3O5. The Balaban J connectivity index is 2.15. The highest BCUT2D eigenvalue weighted by atomic mass is 16.5. The average molecular weight is 418 g/mol. The molecular weight excluding hydrogens is 386 g/mol. The highest BCUT2D eigenvalue weighted by Gasteiger charge is 2.44. The summed E-state index contributed by atoms with van der Waals surface area (Å²) in [5.74, 6) is -1.36. The Morgan fingerprint density at radius 2 is 1.67 bits per heavy atom. The van der Waals surface area contributed by atoms with Crippen molar-refractivity contribution in [2.24, 2.45) is 5.41 Å². The first-order valence-electron chi connectivity index (χ1n) is 9.92. The number of carbonyl (C=O) groups is 4. The van der Waals surface area contributed by atoms with Gasteiger partial charge >= 0.3 is 5.97 Å². The number of benzene rings is 1. The van der Waals surface area contributed by atoms with Crippen LogP contribution in [0.1, 0.15) is 61.8 Å². The zero-order chi connectivity index (χ0) is 22.7. The molecule has 1 atom stereocenters. The van der Waals surface area contributed by atoms with Gasteiger partial charge in [0.05, 0.1) is 19.2 Å². The predicted octanol–water partition coefficient (Wildman–Crippen LogP) is 1.74. The van der Waals surface area contributed by atoms with E-state index < -0.39 is 23.5 Å². The summed E-state index contributed by atoms with van der Waals surface area (Å²) < 4.78 is 4.64. The molecule has 1 aromatic carbocycles. The molecule has 3 amide bonds. The van der Waals surface area contributed by atoms with E-state index in [1.807, 2.05) is 13.8 Å². The Bertz CT molecular complexity index is 824. The van der Waals surface area contributed by atoms with E-state index in [-0.39, 0.29) is 30.3 Å². The molecule has 2 N–H and O–H groups in total. The van der Waals surface area contributed by atoms with Crippen molar-refractivity contribution >= 4 is 23.7 Å². The van der Waals surface area contributed by atoms with Crippen LogP contribution in [0.3, 0.4) is 0 Å². The number of piperazine rings is 1. The summed E-state index contributed by atoms with van der Waals surface area (Å²) in [4.78, 5) is 50.9. The second-order valence-electron chi connectivity index (χ2n) is 9.33. The molecule has 1 saturated heterocycles. The van der Waals surface area contributed by atoms with E-state index in [9.17, 15) is 19.2 Å². The summed E-state index contributed by atoms with van der Waals surface area (Å²) in [6.45, 7) is 10.1. The molecule has 0 radical (unpaired) electrons. The molecule has 0 bridgehead atoms. The minimum Gasteiger partial charge on any atom is -0.465 e. The molecule has 1 aliphatic rings. The molecule has 1 heterocycles. The zero-order valence-corrected chi connectivity index (χ0v) is 18.5. The van der Waals surface area contributed by atoms with Crippen LogP contribution in [0.25, 0.3) is 0 Å². The lowest BCUT2D eigenvalue weighted by Crippen LogP contribution is -2.67. The summed E-state index contributed by atoms with van der Waals surface area (Å²) in [5.41, 5.74) is 0.0597. The van der Waals surface area contributed by atoms with E-state index >= 15 is 0 Å². The van der Waals surface area contributed by atoms with Gasteiger partial charge in [0.15, 0.2) is 0 Å². The van der Waals surface area contributed by atoms with Gasteiger partial charge in [0.25, 0.3) is 5.91 Å². The minimum atomic E-state index is -0.804. The van der Waals surface area contributed by atoms with Crippen LogP contribution >= 0.6 is 0 Å². The number of rotatable bonds is 6. The number of esters is 1. The third-order valence-electron chi connectivity index (χ3n) is 4.94. The molecule has 0 unspecified atom stereocenters. The van der Waals surface area contributed by atoms with Crippen LogP contribution < -0.4 is 10.6 Å². The SMILES string of the molecule is COC(=O)c1ccc(C(=O)NC[C@H]2C(=O)NCC(=O)N2C(C)(C)CC(C)(C)C)cc1. The maximum atomic E-state index is 12.7. The summed E-state index contributed by atoms with van der Waals surface area (Å²) in [6.07, 6.45) is 0.693. The van der Waals surface area contributed by atoms with Crippen LogP contribution in [0.15, 0.2) is 24.3 Å². The van der Waals surface area contributed by atoms with Crippen molar-refractivity contribution in [2.45, 2.75) is 52.6 Å². The van der Waals surface area contributed by atoms with Crippen LogP contribution in [0.2, 0.25) is 0 Å². The molecule has 1 aromatic rings. The smallest absolute Gasteiger partial charge is 0.337 e. The van der Waals surface area contributed by atoms with Crippen LogP contribution in [-0.4, -0.2) is 60.4 Å². The van der Waals surface area contributed by atoms with E-state index in [0.29, 0.717) is 17.5 Å². The molecule has 8 heteroatoms. The van der Waals surface area contributed by atoms with Crippen LogP contribution in [0.4, 0.5) is 0 Å². The summed E-state index contributed by atoms with van der Waals surface area (Å²) >= 11 is 0. The Morgan fingerprint density at radius 1 is 1.10 bits per heavy atom. The fraction of sp³-hybridized carbons (Fsp3) is 0.545. The molecule has 164 valence electrons. The molecule has 30 heavy (non-hydrogen) atoms. The Kier molecular flexibility index (Phi) is 6.90. The van der Waals surface area contributed by atoms with E-state index in [2.05, 4.69) is 36.1 Å². The van der Waals surface area contributed by atoms with Crippen molar-refractivity contribution in [3.05, 3.63) is 35.4 Å². The molecule has 1 aliphatic heterocycles. The van der Waals surface area contributed by atoms with Crippen molar-refractivity contribution in [2.75, 3.05) is 20.2 Å². The van der Waals surface area contributed by atoms with Crippen LogP contribution in [0.5, 0.6) is 0 Å². The van der Waals surface area contributed by atoms with Crippen molar-refractivity contribution in [1.82, 2.24) is 15.5 Å².